The highest BCUT2D eigenvalue weighted by molar-refractivity contribution is 5.82. The maximum absolute atomic E-state index is 12.1. The number of amides is 2. The number of rotatable bonds is 6. The summed E-state index contributed by atoms with van der Waals surface area (Å²) < 4.78 is 0. The fraction of sp³-hybridized carbons (Fsp3) is 0.222. The minimum Gasteiger partial charge on any atom is -0.383 e. The number of allylic oxidation sites excluding steroid dienone is 4. The van der Waals surface area contributed by atoms with Crippen molar-refractivity contribution in [3.8, 4) is 0 Å². The molecule has 3 heterocycles. The Bertz CT molecular complexity index is 802. The Morgan fingerprint density at radius 1 is 1.37 bits per heavy atom. The third kappa shape index (κ3) is 4.72. The van der Waals surface area contributed by atoms with E-state index in [0.29, 0.717) is 24.5 Å². The second-order valence-corrected chi connectivity index (χ2v) is 6.08. The lowest BCUT2D eigenvalue weighted by Crippen LogP contribution is -2.48. The van der Waals surface area contributed by atoms with Crippen molar-refractivity contribution in [2.45, 2.75) is 12.1 Å². The third-order valence-corrected chi connectivity index (χ3v) is 4.25. The number of hydrogen-bond donors (Lipinski definition) is 7. The van der Waals surface area contributed by atoms with E-state index in [2.05, 4.69) is 31.7 Å². The predicted molar refractivity (Wildman–Crippen MR) is 103 cm³/mol. The predicted octanol–water partition coefficient (Wildman–Crippen LogP) is 1.12. The summed E-state index contributed by atoms with van der Waals surface area (Å²) in [6.45, 7) is 1.02. The van der Waals surface area contributed by atoms with E-state index in [1.54, 1.807) is 6.08 Å². The van der Waals surface area contributed by atoms with Gasteiger partial charge in [0.1, 0.15) is 5.82 Å². The first-order chi connectivity index (χ1) is 13.2. The van der Waals surface area contributed by atoms with Gasteiger partial charge in [-0.25, -0.2) is 10.3 Å². The van der Waals surface area contributed by atoms with Crippen LogP contribution < -0.4 is 26.6 Å². The van der Waals surface area contributed by atoms with Crippen molar-refractivity contribution in [3.63, 3.8) is 0 Å². The second kappa shape index (κ2) is 8.65. The Morgan fingerprint density at radius 2 is 2.26 bits per heavy atom. The molecular weight excluding hydrogens is 344 g/mol. The molecule has 0 bridgehead atoms. The van der Waals surface area contributed by atoms with Crippen LogP contribution in [0.1, 0.15) is 0 Å². The van der Waals surface area contributed by atoms with Crippen LogP contribution in [0.4, 0.5) is 4.79 Å². The molecule has 0 aromatic carbocycles. The minimum absolute atomic E-state index is 0.0716. The molecular formula is C18H22N8O. The minimum atomic E-state index is -0.295. The smallest absolute Gasteiger partial charge is 0.320 e. The molecule has 0 saturated carbocycles. The van der Waals surface area contributed by atoms with Crippen molar-refractivity contribution < 1.29 is 4.79 Å². The topological polar surface area (TPSA) is 137 Å². The van der Waals surface area contributed by atoms with Gasteiger partial charge in [-0.3, -0.25) is 5.32 Å². The van der Waals surface area contributed by atoms with E-state index >= 15 is 0 Å². The van der Waals surface area contributed by atoms with Crippen molar-refractivity contribution in [1.29, 1.82) is 10.9 Å². The molecule has 0 spiro atoms. The van der Waals surface area contributed by atoms with E-state index in [1.165, 1.54) is 12.4 Å². The molecule has 0 fully saturated rings. The molecule has 0 aromatic rings. The van der Waals surface area contributed by atoms with Crippen LogP contribution in [0.15, 0.2) is 76.6 Å². The highest BCUT2D eigenvalue weighted by Gasteiger charge is 2.23. The van der Waals surface area contributed by atoms with E-state index in [0.717, 1.165) is 11.3 Å². The molecule has 9 heteroatoms. The van der Waals surface area contributed by atoms with Gasteiger partial charge in [-0.15, -0.1) is 0 Å². The molecule has 0 aromatic heterocycles. The van der Waals surface area contributed by atoms with Gasteiger partial charge in [0.2, 0.25) is 0 Å². The van der Waals surface area contributed by atoms with Gasteiger partial charge >= 0.3 is 6.03 Å². The van der Waals surface area contributed by atoms with Crippen LogP contribution in [0.5, 0.6) is 0 Å². The molecule has 0 saturated heterocycles. The normalized spacial score (nSPS) is 23.3. The number of hydrogen-bond acceptors (Lipinski definition) is 7. The quantitative estimate of drug-likeness (QED) is 0.280. The fourth-order valence-electron chi connectivity index (χ4n) is 2.87. The van der Waals surface area contributed by atoms with Crippen LogP contribution in [-0.2, 0) is 0 Å². The number of carbonyl (C=O) groups excluding carboxylic acids is 1. The average molecular weight is 366 g/mol. The SMILES string of the molecule is N=C/C(=C\N=N)C1=CC2NC(NC(=O)NCC3C=CC=CN3)=CC=C2NC1. The molecule has 27 heavy (non-hydrogen) atoms. The molecule has 2 atom stereocenters. The molecule has 2 unspecified atom stereocenters. The monoisotopic (exact) mass is 366 g/mol. The first kappa shape index (κ1) is 18.2. The fourth-order valence-corrected chi connectivity index (χ4v) is 2.87. The van der Waals surface area contributed by atoms with Crippen LogP contribution in [-0.4, -0.2) is 37.4 Å². The lowest BCUT2D eigenvalue weighted by Gasteiger charge is -2.31. The van der Waals surface area contributed by atoms with Gasteiger partial charge in [0.05, 0.1) is 18.3 Å². The van der Waals surface area contributed by atoms with Crippen molar-refractivity contribution >= 4 is 12.2 Å². The largest absolute Gasteiger partial charge is 0.383 e. The summed E-state index contributed by atoms with van der Waals surface area (Å²) in [4.78, 5) is 12.1. The van der Waals surface area contributed by atoms with E-state index < -0.39 is 0 Å². The Kier molecular flexibility index (Phi) is 5.83. The first-order valence-electron chi connectivity index (χ1n) is 8.54. The second-order valence-electron chi connectivity index (χ2n) is 6.08. The van der Waals surface area contributed by atoms with Gasteiger partial charge in [0.15, 0.2) is 0 Å². The molecule has 7 N–H and O–H groups in total. The van der Waals surface area contributed by atoms with Gasteiger partial charge in [-0.2, -0.15) is 5.11 Å². The summed E-state index contributed by atoms with van der Waals surface area (Å²) in [6, 6.07) is -0.380. The summed E-state index contributed by atoms with van der Waals surface area (Å²) in [5.41, 5.74) is 9.36. The van der Waals surface area contributed by atoms with Crippen molar-refractivity contribution in [2.24, 2.45) is 5.11 Å². The number of carbonyl (C=O) groups is 1. The Labute approximate surface area is 157 Å². The highest BCUT2D eigenvalue weighted by Crippen LogP contribution is 2.19. The Morgan fingerprint density at radius 3 is 3.00 bits per heavy atom. The van der Waals surface area contributed by atoms with Crippen LogP contribution >= 0.6 is 0 Å². The summed E-state index contributed by atoms with van der Waals surface area (Å²) >= 11 is 0. The number of fused-ring (bicyclic) bond motifs is 1. The Balaban J connectivity index is 1.57. The first-order valence-corrected chi connectivity index (χ1v) is 8.54. The molecule has 2 amide bonds. The number of nitrogens with one attached hydrogen (secondary N) is 7. The van der Waals surface area contributed by atoms with Crippen molar-refractivity contribution in [2.75, 3.05) is 13.1 Å². The zero-order valence-electron chi connectivity index (χ0n) is 14.6. The molecule has 3 aliphatic rings. The average Bonchev–Trinajstić information content (AvgIpc) is 2.71. The summed E-state index contributed by atoms with van der Waals surface area (Å²) in [5.74, 6) is 0.582. The van der Waals surface area contributed by atoms with Gasteiger partial charge < -0.3 is 26.7 Å². The molecule has 0 radical (unpaired) electrons. The van der Waals surface area contributed by atoms with Crippen LogP contribution in [0, 0.1) is 10.9 Å². The molecule has 9 nitrogen and oxygen atoms in total. The van der Waals surface area contributed by atoms with E-state index in [1.807, 2.05) is 36.6 Å². The highest BCUT2D eigenvalue weighted by atomic mass is 16.2. The maximum atomic E-state index is 12.1. The zero-order chi connectivity index (χ0) is 19.1. The third-order valence-electron chi connectivity index (χ3n) is 4.25. The summed E-state index contributed by atoms with van der Waals surface area (Å²) in [7, 11) is 0. The van der Waals surface area contributed by atoms with Crippen LogP contribution in [0.25, 0.3) is 0 Å². The lowest BCUT2D eigenvalue weighted by atomic mass is 9.97. The van der Waals surface area contributed by atoms with Crippen LogP contribution in [0.2, 0.25) is 0 Å². The van der Waals surface area contributed by atoms with Crippen LogP contribution in [0.3, 0.4) is 0 Å². The maximum Gasteiger partial charge on any atom is 0.320 e. The Hall–Kier alpha value is -3.62. The lowest BCUT2D eigenvalue weighted by molar-refractivity contribution is 0.242. The van der Waals surface area contributed by atoms with Gasteiger partial charge in [0.25, 0.3) is 0 Å². The van der Waals surface area contributed by atoms with Gasteiger partial charge in [0, 0.05) is 30.6 Å². The molecule has 0 aliphatic carbocycles. The van der Waals surface area contributed by atoms with E-state index in [9.17, 15) is 4.79 Å². The zero-order valence-corrected chi connectivity index (χ0v) is 14.6. The molecule has 3 aliphatic heterocycles. The van der Waals surface area contributed by atoms with E-state index in [4.69, 9.17) is 10.9 Å². The van der Waals surface area contributed by atoms with Crippen molar-refractivity contribution in [3.05, 3.63) is 71.5 Å². The van der Waals surface area contributed by atoms with Crippen molar-refractivity contribution in [1.82, 2.24) is 26.6 Å². The summed E-state index contributed by atoms with van der Waals surface area (Å²) in [6.07, 6.45) is 15.8. The standard InChI is InChI=1S/C18H22N8O/c19-8-13(10-24-20)12-7-16-15(22-9-12)4-5-17(25-16)26-18(27)23-11-14-3-1-2-6-21-14/h1-8,10,14,16,19-22,25H,9,11H2,(H2,23,26,27)/b13-10+,19-8?,24-20?. The van der Waals surface area contributed by atoms with E-state index in [-0.39, 0.29) is 18.1 Å². The van der Waals surface area contributed by atoms with Gasteiger partial charge in [-0.05, 0) is 30.0 Å². The summed E-state index contributed by atoms with van der Waals surface area (Å²) in [5, 5.41) is 26.0. The number of dihydropyridines is 2. The van der Waals surface area contributed by atoms with Gasteiger partial charge in [-0.1, -0.05) is 18.2 Å². The molecule has 3 rings (SSSR count). The number of nitrogens with zero attached hydrogens (tertiary/aromatic N) is 1. The number of urea groups is 1. The molecule has 140 valence electrons.